The zero-order valence-electron chi connectivity index (χ0n) is 12.9. The molecule has 1 amide bonds. The van der Waals surface area contributed by atoms with E-state index < -0.39 is 0 Å². The van der Waals surface area contributed by atoms with Crippen LogP contribution in [0.4, 0.5) is 0 Å². The van der Waals surface area contributed by atoms with Gasteiger partial charge >= 0.3 is 0 Å². The van der Waals surface area contributed by atoms with Crippen LogP contribution in [0.15, 0.2) is 0 Å². The van der Waals surface area contributed by atoms with Gasteiger partial charge in [-0.3, -0.25) is 4.79 Å². The highest BCUT2D eigenvalue weighted by Crippen LogP contribution is 2.16. The van der Waals surface area contributed by atoms with Crippen molar-refractivity contribution in [2.75, 3.05) is 19.7 Å². The molecule has 1 saturated heterocycles. The van der Waals surface area contributed by atoms with Crippen molar-refractivity contribution in [2.24, 2.45) is 17.6 Å². The lowest BCUT2D eigenvalue weighted by Crippen LogP contribution is -2.43. The number of nitrogens with two attached hydrogens (primary N) is 1. The zero-order chi connectivity index (χ0) is 14.4. The van der Waals surface area contributed by atoms with Crippen LogP contribution in [0, 0.1) is 11.8 Å². The van der Waals surface area contributed by atoms with E-state index in [2.05, 4.69) is 27.7 Å². The molecule has 0 saturated carbocycles. The fourth-order valence-electron chi connectivity index (χ4n) is 2.38. The van der Waals surface area contributed by atoms with E-state index in [1.807, 2.05) is 4.90 Å². The third kappa shape index (κ3) is 5.91. The van der Waals surface area contributed by atoms with Crippen LogP contribution in [0.2, 0.25) is 0 Å². The SMILES string of the molecule is CC(C)CCOC1CCN(C(=O)[C@@H](N)CC(C)C)C1. The molecule has 0 spiro atoms. The molecule has 112 valence electrons. The van der Waals surface area contributed by atoms with Crippen molar-refractivity contribution in [1.82, 2.24) is 4.90 Å². The van der Waals surface area contributed by atoms with Crippen molar-refractivity contribution >= 4 is 5.91 Å². The summed E-state index contributed by atoms with van der Waals surface area (Å²) in [5.41, 5.74) is 5.95. The summed E-state index contributed by atoms with van der Waals surface area (Å²) in [4.78, 5) is 14.0. The fourth-order valence-corrected chi connectivity index (χ4v) is 2.38. The van der Waals surface area contributed by atoms with Crippen molar-refractivity contribution in [3.05, 3.63) is 0 Å². The second-order valence-electron chi connectivity index (χ2n) is 6.48. The molecule has 0 aromatic heterocycles. The number of carbonyl (C=O) groups is 1. The molecule has 1 aliphatic rings. The Morgan fingerprint density at radius 1 is 1.32 bits per heavy atom. The first-order valence-corrected chi connectivity index (χ1v) is 7.56. The molecular formula is C15H30N2O2. The predicted molar refractivity (Wildman–Crippen MR) is 77.8 cm³/mol. The highest BCUT2D eigenvalue weighted by Gasteiger charge is 2.29. The number of ether oxygens (including phenoxy) is 1. The molecule has 0 aromatic carbocycles. The Bertz CT molecular complexity index is 279. The first-order valence-electron chi connectivity index (χ1n) is 7.56. The van der Waals surface area contributed by atoms with Crippen molar-refractivity contribution in [2.45, 2.75) is 59.1 Å². The standard InChI is InChI=1S/C15H30N2O2/c1-11(2)6-8-19-13-5-7-17(10-13)15(18)14(16)9-12(3)4/h11-14H,5-10,16H2,1-4H3/t13?,14-/m0/s1. The lowest BCUT2D eigenvalue weighted by atomic mass is 10.0. The normalized spacial score (nSPS) is 21.4. The summed E-state index contributed by atoms with van der Waals surface area (Å²) in [6.07, 6.45) is 2.98. The van der Waals surface area contributed by atoms with Gasteiger partial charge in [0, 0.05) is 19.7 Å². The number of hydrogen-bond donors (Lipinski definition) is 1. The van der Waals surface area contributed by atoms with E-state index in [1.165, 1.54) is 0 Å². The smallest absolute Gasteiger partial charge is 0.239 e. The molecule has 4 nitrogen and oxygen atoms in total. The van der Waals surface area contributed by atoms with E-state index in [4.69, 9.17) is 10.5 Å². The Morgan fingerprint density at radius 3 is 2.58 bits per heavy atom. The van der Waals surface area contributed by atoms with E-state index >= 15 is 0 Å². The van der Waals surface area contributed by atoms with Crippen molar-refractivity contribution < 1.29 is 9.53 Å². The molecule has 1 fully saturated rings. The van der Waals surface area contributed by atoms with Gasteiger partial charge in [-0.15, -0.1) is 0 Å². The zero-order valence-corrected chi connectivity index (χ0v) is 12.9. The Kier molecular flexibility index (Phi) is 6.80. The molecule has 19 heavy (non-hydrogen) atoms. The summed E-state index contributed by atoms with van der Waals surface area (Å²) in [5.74, 6) is 1.21. The topological polar surface area (TPSA) is 55.6 Å². The molecule has 0 aromatic rings. The third-order valence-corrected chi connectivity index (χ3v) is 3.55. The van der Waals surface area contributed by atoms with Crippen LogP contribution in [0.3, 0.4) is 0 Å². The van der Waals surface area contributed by atoms with Gasteiger partial charge in [-0.25, -0.2) is 0 Å². The molecule has 0 aliphatic carbocycles. The minimum Gasteiger partial charge on any atom is -0.376 e. The van der Waals surface area contributed by atoms with E-state index in [-0.39, 0.29) is 18.1 Å². The minimum atomic E-state index is -0.352. The van der Waals surface area contributed by atoms with Crippen LogP contribution in [0.1, 0.15) is 47.0 Å². The highest BCUT2D eigenvalue weighted by molar-refractivity contribution is 5.81. The average molecular weight is 270 g/mol. The lowest BCUT2D eigenvalue weighted by molar-refractivity contribution is -0.132. The molecule has 1 unspecified atom stereocenters. The summed E-state index contributed by atoms with van der Waals surface area (Å²) in [6.45, 7) is 10.9. The number of hydrogen-bond acceptors (Lipinski definition) is 3. The highest BCUT2D eigenvalue weighted by atomic mass is 16.5. The predicted octanol–water partition coefficient (Wildman–Crippen LogP) is 2.02. The first kappa shape index (κ1) is 16.4. The van der Waals surface area contributed by atoms with Crippen LogP contribution in [0.5, 0.6) is 0 Å². The van der Waals surface area contributed by atoms with Gasteiger partial charge in [-0.1, -0.05) is 27.7 Å². The monoisotopic (exact) mass is 270 g/mol. The van der Waals surface area contributed by atoms with Crippen molar-refractivity contribution in [1.29, 1.82) is 0 Å². The fraction of sp³-hybridized carbons (Fsp3) is 0.933. The Labute approximate surface area is 117 Å². The number of amides is 1. The summed E-state index contributed by atoms with van der Waals surface area (Å²) in [7, 11) is 0. The molecular weight excluding hydrogens is 240 g/mol. The average Bonchev–Trinajstić information content (AvgIpc) is 2.75. The van der Waals surface area contributed by atoms with Gasteiger partial charge in [0.1, 0.15) is 0 Å². The molecule has 2 N–H and O–H groups in total. The van der Waals surface area contributed by atoms with Crippen LogP contribution in [0.25, 0.3) is 0 Å². The summed E-state index contributed by atoms with van der Waals surface area (Å²) >= 11 is 0. The van der Waals surface area contributed by atoms with Gasteiger partial charge in [-0.2, -0.15) is 0 Å². The second kappa shape index (κ2) is 7.85. The molecule has 0 radical (unpaired) electrons. The number of likely N-dealkylation sites (tertiary alicyclic amines) is 1. The van der Waals surface area contributed by atoms with E-state index in [1.54, 1.807) is 0 Å². The van der Waals surface area contributed by atoms with E-state index in [0.717, 1.165) is 32.4 Å². The van der Waals surface area contributed by atoms with Gasteiger partial charge in [0.25, 0.3) is 0 Å². The van der Waals surface area contributed by atoms with E-state index in [0.29, 0.717) is 18.4 Å². The number of carbonyl (C=O) groups excluding carboxylic acids is 1. The Hall–Kier alpha value is -0.610. The molecule has 2 atom stereocenters. The van der Waals surface area contributed by atoms with Gasteiger partial charge < -0.3 is 15.4 Å². The van der Waals surface area contributed by atoms with Crippen LogP contribution < -0.4 is 5.73 Å². The van der Waals surface area contributed by atoms with Gasteiger partial charge in [-0.05, 0) is 31.1 Å². The van der Waals surface area contributed by atoms with Gasteiger partial charge in [0.2, 0.25) is 5.91 Å². The quantitative estimate of drug-likeness (QED) is 0.770. The largest absolute Gasteiger partial charge is 0.376 e. The minimum absolute atomic E-state index is 0.0867. The maximum Gasteiger partial charge on any atom is 0.239 e. The maximum absolute atomic E-state index is 12.2. The van der Waals surface area contributed by atoms with Crippen molar-refractivity contribution in [3.8, 4) is 0 Å². The third-order valence-electron chi connectivity index (χ3n) is 3.55. The van der Waals surface area contributed by atoms with E-state index in [9.17, 15) is 4.79 Å². The molecule has 4 heteroatoms. The Morgan fingerprint density at radius 2 is 2.00 bits per heavy atom. The van der Waals surface area contributed by atoms with Crippen molar-refractivity contribution in [3.63, 3.8) is 0 Å². The first-order chi connectivity index (χ1) is 8.90. The van der Waals surface area contributed by atoms with Gasteiger partial charge in [0.05, 0.1) is 12.1 Å². The van der Waals surface area contributed by atoms with Crippen LogP contribution in [-0.4, -0.2) is 42.6 Å². The summed E-state index contributed by atoms with van der Waals surface area (Å²) in [6, 6.07) is -0.352. The second-order valence-corrected chi connectivity index (χ2v) is 6.48. The molecule has 1 heterocycles. The summed E-state index contributed by atoms with van der Waals surface area (Å²) < 4.78 is 5.82. The van der Waals surface area contributed by atoms with Crippen LogP contribution in [-0.2, 0) is 9.53 Å². The molecule has 1 aliphatic heterocycles. The number of nitrogens with zero attached hydrogens (tertiary/aromatic N) is 1. The van der Waals surface area contributed by atoms with Gasteiger partial charge in [0.15, 0.2) is 0 Å². The molecule has 0 bridgehead atoms. The lowest BCUT2D eigenvalue weighted by Gasteiger charge is -2.22. The van der Waals surface area contributed by atoms with Crippen LogP contribution >= 0.6 is 0 Å². The molecule has 1 rings (SSSR count). The maximum atomic E-state index is 12.2. The Balaban J connectivity index is 2.28. The number of rotatable bonds is 7. The summed E-state index contributed by atoms with van der Waals surface area (Å²) in [5, 5.41) is 0.